The van der Waals surface area contributed by atoms with Crippen molar-refractivity contribution in [3.05, 3.63) is 53.1 Å². The van der Waals surface area contributed by atoms with E-state index in [-0.39, 0.29) is 42.2 Å². The normalized spacial score (nSPS) is 11.0. The van der Waals surface area contributed by atoms with Crippen LogP contribution in [0.3, 0.4) is 0 Å². The first-order valence-corrected chi connectivity index (χ1v) is 7.30. The van der Waals surface area contributed by atoms with Gasteiger partial charge in [0.1, 0.15) is 11.5 Å². The van der Waals surface area contributed by atoms with Crippen molar-refractivity contribution in [1.29, 1.82) is 0 Å². The number of guanidine groups is 1. The van der Waals surface area contributed by atoms with Crippen LogP contribution < -0.4 is 20.5 Å². The minimum Gasteiger partial charge on any atom is -0.497 e. The molecule has 0 aliphatic rings. The van der Waals surface area contributed by atoms with Gasteiger partial charge in [0.15, 0.2) is 5.96 Å². The lowest BCUT2D eigenvalue weighted by atomic mass is 10.2. The summed E-state index contributed by atoms with van der Waals surface area (Å²) in [6.45, 7) is -2.89. The fourth-order valence-corrected chi connectivity index (χ4v) is 2.11. The highest BCUT2D eigenvalue weighted by Crippen LogP contribution is 2.25. The smallest absolute Gasteiger partial charge is 0.387 e. The maximum atomic E-state index is 12.4. The fraction of sp³-hybridized carbons (Fsp3) is 0.188. The van der Waals surface area contributed by atoms with Gasteiger partial charge in [0, 0.05) is 16.3 Å². The highest BCUT2D eigenvalue weighted by atomic mass is 127. The third kappa shape index (κ3) is 6.91. The minimum atomic E-state index is -2.93. The first-order valence-electron chi connectivity index (χ1n) is 6.92. The Morgan fingerprint density at radius 2 is 1.92 bits per heavy atom. The van der Waals surface area contributed by atoms with E-state index in [4.69, 9.17) is 22.1 Å². The van der Waals surface area contributed by atoms with E-state index in [0.717, 1.165) is 0 Å². The van der Waals surface area contributed by atoms with Crippen LogP contribution in [0.25, 0.3) is 0 Å². The molecule has 0 heterocycles. The number of hydrogen-bond acceptors (Lipinski definition) is 3. The second kappa shape index (κ2) is 10.2. The average Bonchev–Trinajstić information content (AvgIpc) is 2.55. The standard InChI is InChI=1S/C16H16ClF2N3O2.HI/c1-23-13-5-3-12(4-6-13)22-16(20)21-9-10-8-11(17)2-7-14(10)24-15(18)19;/h2-8,15H,9H2,1H3,(H3,20,21,22);1H. The maximum absolute atomic E-state index is 12.4. The van der Waals surface area contributed by atoms with E-state index in [1.807, 2.05) is 0 Å². The molecular weight excluding hydrogens is 467 g/mol. The summed E-state index contributed by atoms with van der Waals surface area (Å²) in [4.78, 5) is 4.11. The molecule has 2 rings (SSSR count). The number of nitrogens with one attached hydrogen (secondary N) is 1. The zero-order chi connectivity index (χ0) is 17.5. The van der Waals surface area contributed by atoms with Crippen LogP contribution in [0, 0.1) is 0 Å². The van der Waals surface area contributed by atoms with Crippen LogP contribution in [0.2, 0.25) is 5.02 Å². The van der Waals surface area contributed by atoms with Gasteiger partial charge in [-0.1, -0.05) is 11.6 Å². The number of benzene rings is 2. The van der Waals surface area contributed by atoms with E-state index in [2.05, 4.69) is 15.0 Å². The van der Waals surface area contributed by atoms with Crippen molar-refractivity contribution >= 4 is 47.2 Å². The third-order valence-corrected chi connectivity index (χ3v) is 3.26. The molecule has 25 heavy (non-hydrogen) atoms. The molecule has 136 valence electrons. The molecule has 0 aliphatic heterocycles. The van der Waals surface area contributed by atoms with Crippen molar-refractivity contribution < 1.29 is 18.3 Å². The molecule has 2 aromatic rings. The van der Waals surface area contributed by atoms with E-state index >= 15 is 0 Å². The van der Waals surface area contributed by atoms with Crippen molar-refractivity contribution in [2.75, 3.05) is 12.4 Å². The molecule has 0 bridgehead atoms. The van der Waals surface area contributed by atoms with Gasteiger partial charge in [0.25, 0.3) is 0 Å². The molecule has 0 aromatic heterocycles. The number of rotatable bonds is 6. The van der Waals surface area contributed by atoms with Crippen LogP contribution in [0.1, 0.15) is 5.56 Å². The van der Waals surface area contributed by atoms with Gasteiger partial charge in [-0.25, -0.2) is 4.99 Å². The number of ether oxygens (including phenoxy) is 2. The third-order valence-electron chi connectivity index (χ3n) is 3.02. The molecule has 0 amide bonds. The van der Waals surface area contributed by atoms with E-state index in [1.165, 1.54) is 18.2 Å². The number of nitrogens with zero attached hydrogens (tertiary/aromatic N) is 1. The summed E-state index contributed by atoms with van der Waals surface area (Å²) in [6, 6.07) is 11.4. The fourth-order valence-electron chi connectivity index (χ4n) is 1.91. The minimum absolute atomic E-state index is 0. The summed E-state index contributed by atoms with van der Waals surface area (Å²) in [5, 5.41) is 3.28. The maximum Gasteiger partial charge on any atom is 0.387 e. The highest BCUT2D eigenvalue weighted by molar-refractivity contribution is 14.0. The largest absolute Gasteiger partial charge is 0.497 e. The Labute approximate surface area is 166 Å². The van der Waals surface area contributed by atoms with Gasteiger partial charge in [-0.2, -0.15) is 8.78 Å². The zero-order valence-corrected chi connectivity index (χ0v) is 16.3. The van der Waals surface area contributed by atoms with Gasteiger partial charge >= 0.3 is 6.61 Å². The van der Waals surface area contributed by atoms with Gasteiger partial charge < -0.3 is 20.5 Å². The second-order valence-electron chi connectivity index (χ2n) is 4.69. The first-order chi connectivity index (χ1) is 11.5. The van der Waals surface area contributed by atoms with E-state index in [0.29, 0.717) is 22.0 Å². The van der Waals surface area contributed by atoms with Crippen LogP contribution >= 0.6 is 35.6 Å². The van der Waals surface area contributed by atoms with Crippen molar-refractivity contribution in [3.8, 4) is 11.5 Å². The molecule has 0 radical (unpaired) electrons. The number of aliphatic imine (C=N–C) groups is 1. The molecular formula is C16H17ClF2IN3O2. The molecule has 0 unspecified atom stereocenters. The van der Waals surface area contributed by atoms with Crippen LogP contribution in [-0.2, 0) is 6.54 Å². The van der Waals surface area contributed by atoms with E-state index < -0.39 is 6.61 Å². The predicted octanol–water partition coefficient (Wildman–Crippen LogP) is 4.49. The SMILES string of the molecule is COc1ccc(NC(N)=NCc2cc(Cl)ccc2OC(F)F)cc1.I. The van der Waals surface area contributed by atoms with Gasteiger partial charge in [-0.05, 0) is 42.5 Å². The van der Waals surface area contributed by atoms with Crippen LogP contribution in [-0.4, -0.2) is 19.7 Å². The number of anilines is 1. The monoisotopic (exact) mass is 483 g/mol. The number of nitrogens with two attached hydrogens (primary N) is 1. The first kappa shape index (κ1) is 21.2. The average molecular weight is 484 g/mol. The molecule has 3 N–H and O–H groups in total. The summed E-state index contributed by atoms with van der Waals surface area (Å²) in [6.07, 6.45) is 0. The Morgan fingerprint density at radius 3 is 2.52 bits per heavy atom. The number of alkyl halides is 2. The van der Waals surface area contributed by atoms with Crippen molar-refractivity contribution in [3.63, 3.8) is 0 Å². The molecule has 0 spiro atoms. The summed E-state index contributed by atoms with van der Waals surface area (Å²) < 4.78 is 34.3. The van der Waals surface area contributed by atoms with Gasteiger partial charge in [-0.15, -0.1) is 24.0 Å². The van der Waals surface area contributed by atoms with E-state index in [1.54, 1.807) is 31.4 Å². The Morgan fingerprint density at radius 1 is 1.24 bits per heavy atom. The van der Waals surface area contributed by atoms with Gasteiger partial charge in [-0.3, -0.25) is 0 Å². The van der Waals surface area contributed by atoms with Crippen LogP contribution in [0.15, 0.2) is 47.5 Å². The predicted molar refractivity (Wildman–Crippen MR) is 105 cm³/mol. The Balaban J connectivity index is 0.00000312. The van der Waals surface area contributed by atoms with Crippen molar-refractivity contribution in [1.82, 2.24) is 0 Å². The quantitative estimate of drug-likeness (QED) is 0.361. The molecule has 2 aromatic carbocycles. The van der Waals surface area contributed by atoms with Gasteiger partial charge in [0.2, 0.25) is 0 Å². The zero-order valence-electron chi connectivity index (χ0n) is 13.2. The topological polar surface area (TPSA) is 68.9 Å². The van der Waals surface area contributed by atoms with Crippen molar-refractivity contribution in [2.24, 2.45) is 10.7 Å². The lowest BCUT2D eigenvalue weighted by Gasteiger charge is -2.10. The Hall–Kier alpha value is -1.81. The van der Waals surface area contributed by atoms with E-state index in [9.17, 15) is 8.78 Å². The molecule has 5 nitrogen and oxygen atoms in total. The van der Waals surface area contributed by atoms with Crippen LogP contribution in [0.4, 0.5) is 14.5 Å². The van der Waals surface area contributed by atoms with Crippen LogP contribution in [0.5, 0.6) is 11.5 Å². The lowest BCUT2D eigenvalue weighted by molar-refractivity contribution is -0.0504. The molecule has 0 saturated heterocycles. The molecule has 0 atom stereocenters. The molecule has 0 saturated carbocycles. The van der Waals surface area contributed by atoms with Gasteiger partial charge in [0.05, 0.1) is 13.7 Å². The Kier molecular flexibility index (Phi) is 8.70. The summed E-state index contributed by atoms with van der Waals surface area (Å²) in [5.41, 5.74) is 6.92. The number of methoxy groups -OCH3 is 1. The number of halogens is 4. The summed E-state index contributed by atoms with van der Waals surface area (Å²) in [7, 11) is 1.57. The lowest BCUT2D eigenvalue weighted by Crippen LogP contribution is -2.22. The molecule has 9 heteroatoms. The molecule has 0 fully saturated rings. The summed E-state index contributed by atoms with van der Waals surface area (Å²) in [5.74, 6) is 0.849. The Bertz CT molecular complexity index is 715. The number of hydrogen-bond donors (Lipinski definition) is 2. The van der Waals surface area contributed by atoms with Crippen molar-refractivity contribution in [2.45, 2.75) is 13.2 Å². The highest BCUT2D eigenvalue weighted by Gasteiger charge is 2.10. The summed E-state index contributed by atoms with van der Waals surface area (Å²) >= 11 is 5.88. The molecule has 0 aliphatic carbocycles. The second-order valence-corrected chi connectivity index (χ2v) is 5.12.